The van der Waals surface area contributed by atoms with E-state index in [1.54, 1.807) is 0 Å². The Morgan fingerprint density at radius 1 is 0.900 bits per heavy atom. The van der Waals surface area contributed by atoms with Crippen LogP contribution in [0.25, 0.3) is 0 Å². The van der Waals surface area contributed by atoms with Crippen LogP contribution in [-0.4, -0.2) is 6.61 Å². The van der Waals surface area contributed by atoms with E-state index in [9.17, 15) is 0 Å². The Kier molecular flexibility index (Phi) is 10.1. The number of hydrogen-bond donors (Lipinski definition) is 0. The standard InChI is InChI=1S/C18H27ClO/c1-2-3-4-5-6-7-8-9-10-15-20-18-13-11-17(16-19)12-14-18/h2,11-14H,1,3-10,15-16H2. The third-order valence-corrected chi connectivity index (χ3v) is 3.71. The first-order valence-corrected chi connectivity index (χ1v) is 8.29. The van der Waals surface area contributed by atoms with Crippen LogP contribution in [0.4, 0.5) is 0 Å². The van der Waals surface area contributed by atoms with Gasteiger partial charge in [0, 0.05) is 5.88 Å². The summed E-state index contributed by atoms with van der Waals surface area (Å²) in [7, 11) is 0. The lowest BCUT2D eigenvalue weighted by Crippen LogP contribution is -1.97. The highest BCUT2D eigenvalue weighted by Crippen LogP contribution is 2.14. The summed E-state index contributed by atoms with van der Waals surface area (Å²) in [5.41, 5.74) is 1.13. The molecular formula is C18H27ClO. The molecule has 112 valence electrons. The fourth-order valence-corrected chi connectivity index (χ4v) is 2.32. The van der Waals surface area contributed by atoms with Gasteiger partial charge in [0.2, 0.25) is 0 Å². The molecule has 0 unspecified atom stereocenters. The zero-order chi connectivity index (χ0) is 14.5. The van der Waals surface area contributed by atoms with E-state index in [4.69, 9.17) is 16.3 Å². The quantitative estimate of drug-likeness (QED) is 0.257. The second kappa shape index (κ2) is 11.8. The van der Waals surface area contributed by atoms with Crippen molar-refractivity contribution < 1.29 is 4.74 Å². The summed E-state index contributed by atoms with van der Waals surface area (Å²) in [4.78, 5) is 0. The Bertz CT molecular complexity index is 345. The van der Waals surface area contributed by atoms with Gasteiger partial charge in [-0.05, 0) is 37.0 Å². The molecule has 0 aliphatic carbocycles. The Morgan fingerprint density at radius 2 is 1.50 bits per heavy atom. The smallest absolute Gasteiger partial charge is 0.119 e. The van der Waals surface area contributed by atoms with Crippen LogP contribution in [0.2, 0.25) is 0 Å². The van der Waals surface area contributed by atoms with Crippen molar-refractivity contribution >= 4 is 11.6 Å². The summed E-state index contributed by atoms with van der Waals surface area (Å²) in [6.07, 6.45) is 12.2. The Balaban J connectivity index is 1.92. The number of alkyl halides is 1. The monoisotopic (exact) mass is 294 g/mol. The van der Waals surface area contributed by atoms with Crippen molar-refractivity contribution in [2.24, 2.45) is 0 Å². The van der Waals surface area contributed by atoms with E-state index in [2.05, 4.69) is 6.58 Å². The molecule has 0 atom stereocenters. The molecule has 0 aromatic heterocycles. The van der Waals surface area contributed by atoms with Gasteiger partial charge in [0.15, 0.2) is 0 Å². The van der Waals surface area contributed by atoms with E-state index in [0.29, 0.717) is 5.88 Å². The first kappa shape index (κ1) is 17.1. The van der Waals surface area contributed by atoms with E-state index < -0.39 is 0 Å². The van der Waals surface area contributed by atoms with Crippen molar-refractivity contribution in [1.82, 2.24) is 0 Å². The summed E-state index contributed by atoms with van der Waals surface area (Å²) in [5.74, 6) is 1.51. The van der Waals surface area contributed by atoms with Gasteiger partial charge < -0.3 is 4.74 Å². The molecule has 0 saturated carbocycles. The van der Waals surface area contributed by atoms with Crippen molar-refractivity contribution in [2.45, 2.75) is 57.2 Å². The van der Waals surface area contributed by atoms with Crippen molar-refractivity contribution in [3.05, 3.63) is 42.5 Å². The van der Waals surface area contributed by atoms with Gasteiger partial charge >= 0.3 is 0 Å². The number of halogens is 1. The third-order valence-electron chi connectivity index (χ3n) is 3.40. The molecule has 0 spiro atoms. The highest BCUT2D eigenvalue weighted by molar-refractivity contribution is 6.17. The van der Waals surface area contributed by atoms with Gasteiger partial charge in [-0.3, -0.25) is 0 Å². The topological polar surface area (TPSA) is 9.23 Å². The minimum absolute atomic E-state index is 0.563. The van der Waals surface area contributed by atoms with Crippen LogP contribution in [0.3, 0.4) is 0 Å². The van der Waals surface area contributed by atoms with Gasteiger partial charge in [0.25, 0.3) is 0 Å². The first-order valence-electron chi connectivity index (χ1n) is 7.75. The van der Waals surface area contributed by atoms with Gasteiger partial charge in [-0.1, -0.05) is 50.3 Å². The minimum Gasteiger partial charge on any atom is -0.494 e. The number of allylic oxidation sites excluding steroid dienone is 1. The minimum atomic E-state index is 0.563. The molecule has 20 heavy (non-hydrogen) atoms. The SMILES string of the molecule is C=CCCCCCCCCCOc1ccc(CCl)cc1. The molecule has 0 fully saturated rings. The van der Waals surface area contributed by atoms with Crippen LogP contribution >= 0.6 is 11.6 Å². The van der Waals surface area contributed by atoms with Crippen LogP contribution in [0, 0.1) is 0 Å². The molecule has 1 rings (SSSR count). The van der Waals surface area contributed by atoms with E-state index in [1.165, 1.54) is 38.5 Å². The Labute approximate surface area is 129 Å². The average molecular weight is 295 g/mol. The van der Waals surface area contributed by atoms with Crippen LogP contribution < -0.4 is 4.74 Å². The lowest BCUT2D eigenvalue weighted by atomic mass is 10.1. The number of rotatable bonds is 12. The van der Waals surface area contributed by atoms with E-state index in [-0.39, 0.29) is 0 Å². The molecule has 0 radical (unpaired) electrons. The van der Waals surface area contributed by atoms with E-state index in [0.717, 1.165) is 30.8 Å². The van der Waals surface area contributed by atoms with Gasteiger partial charge in [-0.2, -0.15) is 0 Å². The van der Waals surface area contributed by atoms with E-state index >= 15 is 0 Å². The van der Waals surface area contributed by atoms with Crippen molar-refractivity contribution in [1.29, 1.82) is 0 Å². The zero-order valence-electron chi connectivity index (χ0n) is 12.5. The number of benzene rings is 1. The molecule has 1 aromatic carbocycles. The van der Waals surface area contributed by atoms with Crippen LogP contribution in [0.15, 0.2) is 36.9 Å². The molecule has 0 N–H and O–H groups in total. The van der Waals surface area contributed by atoms with Gasteiger partial charge in [0.1, 0.15) is 5.75 Å². The van der Waals surface area contributed by atoms with Crippen molar-refractivity contribution in [3.8, 4) is 5.75 Å². The second-order valence-electron chi connectivity index (χ2n) is 5.18. The summed E-state index contributed by atoms with van der Waals surface area (Å²) in [6, 6.07) is 8.03. The maximum absolute atomic E-state index is 5.75. The molecular weight excluding hydrogens is 268 g/mol. The van der Waals surface area contributed by atoms with Gasteiger partial charge in [0.05, 0.1) is 6.61 Å². The molecule has 0 aliphatic heterocycles. The van der Waals surface area contributed by atoms with Crippen LogP contribution in [-0.2, 0) is 5.88 Å². The molecule has 0 saturated heterocycles. The predicted molar refractivity (Wildman–Crippen MR) is 88.6 cm³/mol. The highest BCUT2D eigenvalue weighted by Gasteiger charge is 1.95. The lowest BCUT2D eigenvalue weighted by Gasteiger charge is -2.06. The van der Waals surface area contributed by atoms with Gasteiger partial charge in [-0.15, -0.1) is 18.2 Å². The van der Waals surface area contributed by atoms with Crippen molar-refractivity contribution in [3.63, 3.8) is 0 Å². The molecule has 1 aromatic rings. The number of ether oxygens (including phenoxy) is 1. The normalized spacial score (nSPS) is 10.4. The second-order valence-corrected chi connectivity index (χ2v) is 5.45. The summed E-state index contributed by atoms with van der Waals surface area (Å²) < 4.78 is 5.71. The number of unbranched alkanes of at least 4 members (excludes halogenated alkanes) is 7. The largest absolute Gasteiger partial charge is 0.494 e. The average Bonchev–Trinajstić information content (AvgIpc) is 2.50. The van der Waals surface area contributed by atoms with Crippen molar-refractivity contribution in [2.75, 3.05) is 6.61 Å². The molecule has 0 bridgehead atoms. The Morgan fingerprint density at radius 3 is 2.10 bits per heavy atom. The number of hydrogen-bond acceptors (Lipinski definition) is 1. The molecule has 0 amide bonds. The third kappa shape index (κ3) is 8.27. The fraction of sp³-hybridized carbons (Fsp3) is 0.556. The lowest BCUT2D eigenvalue weighted by molar-refractivity contribution is 0.304. The van der Waals surface area contributed by atoms with Gasteiger partial charge in [-0.25, -0.2) is 0 Å². The van der Waals surface area contributed by atoms with Crippen LogP contribution in [0.1, 0.15) is 56.9 Å². The summed E-state index contributed by atoms with van der Waals surface area (Å²) in [5, 5.41) is 0. The maximum Gasteiger partial charge on any atom is 0.119 e. The summed E-state index contributed by atoms with van der Waals surface area (Å²) >= 11 is 5.75. The molecule has 2 heteroatoms. The Hall–Kier alpha value is -0.950. The molecule has 1 nitrogen and oxygen atoms in total. The first-order chi connectivity index (χ1) is 9.86. The molecule has 0 heterocycles. The highest BCUT2D eigenvalue weighted by atomic mass is 35.5. The molecule has 0 aliphatic rings. The van der Waals surface area contributed by atoms with Crippen LogP contribution in [0.5, 0.6) is 5.75 Å². The predicted octanol–water partition coefficient (Wildman–Crippen LogP) is 6.11. The zero-order valence-corrected chi connectivity index (χ0v) is 13.2. The fourth-order valence-electron chi connectivity index (χ4n) is 2.14. The maximum atomic E-state index is 5.75. The summed E-state index contributed by atoms with van der Waals surface area (Å²) in [6.45, 7) is 4.56. The van der Waals surface area contributed by atoms with E-state index in [1.807, 2.05) is 30.3 Å².